The number of nitrogens with zero attached hydrogens (tertiary/aromatic N) is 1. The molecule has 1 aromatic rings. The topological polar surface area (TPSA) is 23.5 Å². The summed E-state index contributed by atoms with van der Waals surface area (Å²) < 4.78 is 0. The molecule has 0 aliphatic carbocycles. The minimum Gasteiger partial charge on any atom is -0.378 e. The second-order valence-electron chi connectivity index (χ2n) is 3.06. The molecule has 0 aliphatic rings. The third-order valence-corrected chi connectivity index (χ3v) is 2.76. The maximum atomic E-state index is 9.46. The largest absolute Gasteiger partial charge is 0.378 e. The SMILES string of the molecule is CN(C)C(O)CCc1cccs1. The van der Waals surface area contributed by atoms with E-state index in [-0.39, 0.29) is 6.23 Å². The molecule has 0 saturated heterocycles. The van der Waals surface area contributed by atoms with Crippen molar-refractivity contribution in [3.05, 3.63) is 22.4 Å². The van der Waals surface area contributed by atoms with Crippen molar-refractivity contribution in [3.8, 4) is 0 Å². The van der Waals surface area contributed by atoms with Crippen LogP contribution in [0.1, 0.15) is 11.3 Å². The Morgan fingerprint density at radius 2 is 2.33 bits per heavy atom. The molecule has 1 N–H and O–H groups in total. The molecule has 0 amide bonds. The summed E-state index contributed by atoms with van der Waals surface area (Å²) >= 11 is 1.75. The Balaban J connectivity index is 2.27. The van der Waals surface area contributed by atoms with Crippen LogP contribution in [0.15, 0.2) is 17.5 Å². The smallest absolute Gasteiger partial charge is 0.107 e. The van der Waals surface area contributed by atoms with Gasteiger partial charge in [0.05, 0.1) is 0 Å². The van der Waals surface area contributed by atoms with Crippen molar-refractivity contribution in [2.45, 2.75) is 19.1 Å². The summed E-state index contributed by atoms with van der Waals surface area (Å²) in [7, 11) is 3.78. The summed E-state index contributed by atoms with van der Waals surface area (Å²) in [6.07, 6.45) is 1.47. The van der Waals surface area contributed by atoms with Crippen molar-refractivity contribution in [2.75, 3.05) is 14.1 Å². The van der Waals surface area contributed by atoms with Crippen LogP contribution < -0.4 is 0 Å². The number of aliphatic hydroxyl groups is 1. The molecule has 0 bridgehead atoms. The fourth-order valence-corrected chi connectivity index (χ4v) is 1.71. The molecule has 1 rings (SSSR count). The standard InChI is InChI=1S/C9H15NOS/c1-10(2)9(11)6-5-8-4-3-7-12-8/h3-4,7,9,11H,5-6H2,1-2H3. The van der Waals surface area contributed by atoms with E-state index in [0.717, 1.165) is 12.8 Å². The molecule has 0 saturated carbocycles. The van der Waals surface area contributed by atoms with E-state index in [9.17, 15) is 5.11 Å². The highest BCUT2D eigenvalue weighted by Crippen LogP contribution is 2.12. The predicted octanol–water partition coefficient (Wildman–Crippen LogP) is 1.56. The first-order valence-corrected chi connectivity index (χ1v) is 4.95. The number of aryl methyl sites for hydroxylation is 1. The molecule has 0 fully saturated rings. The van der Waals surface area contributed by atoms with Gasteiger partial charge in [0.2, 0.25) is 0 Å². The normalized spacial score (nSPS) is 13.7. The van der Waals surface area contributed by atoms with Gasteiger partial charge in [0.1, 0.15) is 6.23 Å². The third kappa shape index (κ3) is 2.93. The van der Waals surface area contributed by atoms with Crippen LogP contribution in [0, 0.1) is 0 Å². The first kappa shape index (κ1) is 9.71. The minimum atomic E-state index is -0.313. The summed E-state index contributed by atoms with van der Waals surface area (Å²) in [5.74, 6) is 0. The lowest BCUT2D eigenvalue weighted by molar-refractivity contribution is 0.0339. The van der Waals surface area contributed by atoms with Crippen molar-refractivity contribution >= 4 is 11.3 Å². The van der Waals surface area contributed by atoms with Crippen molar-refractivity contribution in [1.29, 1.82) is 0 Å². The van der Waals surface area contributed by atoms with E-state index in [1.165, 1.54) is 4.88 Å². The highest BCUT2D eigenvalue weighted by molar-refractivity contribution is 7.09. The fourth-order valence-electron chi connectivity index (χ4n) is 0.984. The lowest BCUT2D eigenvalue weighted by atomic mass is 10.2. The molecular weight excluding hydrogens is 170 g/mol. The van der Waals surface area contributed by atoms with E-state index in [2.05, 4.69) is 11.4 Å². The molecule has 3 heteroatoms. The van der Waals surface area contributed by atoms with Crippen LogP contribution in [0.25, 0.3) is 0 Å². The average molecular weight is 185 g/mol. The van der Waals surface area contributed by atoms with Crippen molar-refractivity contribution < 1.29 is 5.11 Å². The van der Waals surface area contributed by atoms with Crippen LogP contribution in [-0.2, 0) is 6.42 Å². The Hall–Kier alpha value is -0.380. The number of aliphatic hydroxyl groups excluding tert-OH is 1. The van der Waals surface area contributed by atoms with E-state index < -0.39 is 0 Å². The number of thiophene rings is 1. The Bertz CT molecular complexity index is 208. The summed E-state index contributed by atoms with van der Waals surface area (Å²) in [5.41, 5.74) is 0. The van der Waals surface area contributed by atoms with E-state index in [0.29, 0.717) is 0 Å². The third-order valence-electron chi connectivity index (χ3n) is 1.83. The lowest BCUT2D eigenvalue weighted by Crippen LogP contribution is -2.27. The van der Waals surface area contributed by atoms with Gasteiger partial charge in [-0.1, -0.05) is 6.07 Å². The van der Waals surface area contributed by atoms with Crippen LogP contribution in [0.5, 0.6) is 0 Å². The molecule has 1 unspecified atom stereocenters. The van der Waals surface area contributed by atoms with E-state index in [4.69, 9.17) is 0 Å². The van der Waals surface area contributed by atoms with Gasteiger partial charge in [0.15, 0.2) is 0 Å². The van der Waals surface area contributed by atoms with Crippen molar-refractivity contribution in [3.63, 3.8) is 0 Å². The van der Waals surface area contributed by atoms with E-state index >= 15 is 0 Å². The number of hydrogen-bond acceptors (Lipinski definition) is 3. The first-order valence-electron chi connectivity index (χ1n) is 4.07. The quantitative estimate of drug-likeness (QED) is 0.720. The molecule has 0 aliphatic heterocycles. The summed E-state index contributed by atoms with van der Waals surface area (Å²) in [4.78, 5) is 3.17. The van der Waals surface area contributed by atoms with Crippen molar-refractivity contribution in [2.24, 2.45) is 0 Å². The van der Waals surface area contributed by atoms with Gasteiger partial charge in [-0.3, -0.25) is 4.90 Å². The molecule has 12 heavy (non-hydrogen) atoms. The van der Waals surface area contributed by atoms with Gasteiger partial charge in [-0.25, -0.2) is 0 Å². The molecule has 1 aromatic heterocycles. The van der Waals surface area contributed by atoms with E-state index in [1.54, 1.807) is 11.3 Å². The van der Waals surface area contributed by atoms with Gasteiger partial charge in [-0.05, 0) is 38.4 Å². The zero-order valence-electron chi connectivity index (χ0n) is 7.53. The van der Waals surface area contributed by atoms with Crippen LogP contribution in [-0.4, -0.2) is 30.3 Å². The van der Waals surface area contributed by atoms with Gasteiger partial charge in [-0.15, -0.1) is 11.3 Å². The zero-order chi connectivity index (χ0) is 8.97. The van der Waals surface area contributed by atoms with Crippen molar-refractivity contribution in [1.82, 2.24) is 4.90 Å². The molecular formula is C9H15NOS. The maximum absolute atomic E-state index is 9.46. The summed E-state index contributed by atoms with van der Waals surface area (Å²) in [5, 5.41) is 11.5. The Kier molecular flexibility index (Phi) is 3.72. The molecule has 0 radical (unpaired) electrons. The number of hydrogen-bond donors (Lipinski definition) is 1. The Labute approximate surface area is 77.5 Å². The average Bonchev–Trinajstić information content (AvgIpc) is 2.51. The molecule has 0 aromatic carbocycles. The highest BCUT2D eigenvalue weighted by atomic mass is 32.1. The van der Waals surface area contributed by atoms with Crippen LogP contribution >= 0.6 is 11.3 Å². The predicted molar refractivity (Wildman–Crippen MR) is 52.3 cm³/mol. The van der Waals surface area contributed by atoms with Gasteiger partial charge in [0, 0.05) is 4.88 Å². The van der Waals surface area contributed by atoms with Gasteiger partial charge in [-0.2, -0.15) is 0 Å². The molecule has 68 valence electrons. The van der Waals surface area contributed by atoms with E-state index in [1.807, 2.05) is 25.1 Å². The first-order chi connectivity index (χ1) is 5.70. The monoisotopic (exact) mass is 185 g/mol. The molecule has 0 spiro atoms. The maximum Gasteiger partial charge on any atom is 0.107 e. The molecule has 1 heterocycles. The fraction of sp³-hybridized carbons (Fsp3) is 0.556. The van der Waals surface area contributed by atoms with Crippen LogP contribution in [0.4, 0.5) is 0 Å². The van der Waals surface area contributed by atoms with Gasteiger partial charge in [0.25, 0.3) is 0 Å². The molecule has 1 atom stereocenters. The minimum absolute atomic E-state index is 0.313. The summed E-state index contributed by atoms with van der Waals surface area (Å²) in [6.45, 7) is 0. The second-order valence-corrected chi connectivity index (χ2v) is 4.09. The van der Waals surface area contributed by atoms with Gasteiger partial charge >= 0.3 is 0 Å². The van der Waals surface area contributed by atoms with Gasteiger partial charge < -0.3 is 5.11 Å². The highest BCUT2D eigenvalue weighted by Gasteiger charge is 2.06. The Morgan fingerprint density at radius 3 is 2.83 bits per heavy atom. The number of rotatable bonds is 4. The zero-order valence-corrected chi connectivity index (χ0v) is 8.34. The lowest BCUT2D eigenvalue weighted by Gasteiger charge is -2.17. The van der Waals surface area contributed by atoms with Crippen LogP contribution in [0.3, 0.4) is 0 Å². The second kappa shape index (κ2) is 4.60. The molecule has 2 nitrogen and oxygen atoms in total. The Morgan fingerprint density at radius 1 is 1.58 bits per heavy atom. The summed E-state index contributed by atoms with van der Waals surface area (Å²) in [6, 6.07) is 4.15. The van der Waals surface area contributed by atoms with Crippen LogP contribution in [0.2, 0.25) is 0 Å².